The van der Waals surface area contributed by atoms with Gasteiger partial charge in [0.1, 0.15) is 18.9 Å². The number of carbonyl (C=O) groups excluding carboxylic acids is 1. The van der Waals surface area contributed by atoms with Crippen LogP contribution in [0.15, 0.2) is 60.7 Å². The summed E-state index contributed by atoms with van der Waals surface area (Å²) in [4.78, 5) is 13.3. The number of hydrogen-bond acceptors (Lipinski definition) is 3. The molecule has 1 amide bonds. The highest BCUT2D eigenvalue weighted by atomic mass is 16.6. The number of benzene rings is 2. The van der Waals surface area contributed by atoms with Gasteiger partial charge in [0.05, 0.1) is 0 Å². The Hall–Kier alpha value is -2.33. The largest absolute Gasteiger partial charge is 0.446 e. The first-order valence-electron chi connectivity index (χ1n) is 6.45. The molecule has 0 aliphatic carbocycles. The quantitative estimate of drug-likeness (QED) is 0.930. The van der Waals surface area contributed by atoms with Gasteiger partial charge in [-0.25, -0.2) is 4.79 Å². The fourth-order valence-electron chi connectivity index (χ4n) is 2.73. The first-order chi connectivity index (χ1) is 9.79. The summed E-state index contributed by atoms with van der Waals surface area (Å²) in [5, 5.41) is 9.62. The van der Waals surface area contributed by atoms with E-state index in [0.717, 1.165) is 11.1 Å². The molecular formula is C16H15NO3. The molecule has 0 unspecified atom stereocenters. The van der Waals surface area contributed by atoms with E-state index in [1.54, 1.807) is 0 Å². The fourth-order valence-corrected chi connectivity index (χ4v) is 2.73. The van der Waals surface area contributed by atoms with E-state index >= 15 is 0 Å². The lowest BCUT2D eigenvalue weighted by atomic mass is 9.83. The third-order valence-electron chi connectivity index (χ3n) is 3.73. The van der Waals surface area contributed by atoms with Crippen molar-refractivity contribution in [2.45, 2.75) is 5.54 Å². The van der Waals surface area contributed by atoms with Crippen LogP contribution in [0.25, 0.3) is 0 Å². The van der Waals surface area contributed by atoms with Gasteiger partial charge in [0.2, 0.25) is 0 Å². The molecule has 1 saturated heterocycles. The molecule has 2 aromatic carbocycles. The molecule has 3 rings (SSSR count). The Morgan fingerprint density at radius 2 is 1.50 bits per heavy atom. The first-order valence-corrected chi connectivity index (χ1v) is 6.45. The number of aliphatic hydroxyl groups excluding tert-OH is 1. The van der Waals surface area contributed by atoms with Crippen LogP contribution in [0, 0.1) is 0 Å². The average molecular weight is 269 g/mol. The van der Waals surface area contributed by atoms with E-state index < -0.39 is 11.6 Å². The molecule has 4 nitrogen and oxygen atoms in total. The zero-order chi connectivity index (χ0) is 14.0. The third-order valence-corrected chi connectivity index (χ3v) is 3.73. The van der Waals surface area contributed by atoms with Crippen molar-refractivity contribution in [2.75, 3.05) is 13.3 Å². The van der Waals surface area contributed by atoms with Crippen molar-refractivity contribution in [1.29, 1.82) is 0 Å². The number of amides is 1. The summed E-state index contributed by atoms with van der Waals surface area (Å²) in [6.45, 7) is -0.191. The summed E-state index contributed by atoms with van der Waals surface area (Å²) < 4.78 is 5.21. The third kappa shape index (κ3) is 1.77. The van der Waals surface area contributed by atoms with Crippen molar-refractivity contribution in [3.05, 3.63) is 71.8 Å². The maximum Gasteiger partial charge on any atom is 0.412 e. The van der Waals surface area contributed by atoms with Crippen LogP contribution in [-0.4, -0.2) is 29.4 Å². The summed E-state index contributed by atoms with van der Waals surface area (Å²) >= 11 is 0. The lowest BCUT2D eigenvalue weighted by Gasteiger charge is -2.35. The first kappa shape index (κ1) is 12.7. The number of carbonyl (C=O) groups is 1. The summed E-state index contributed by atoms with van der Waals surface area (Å²) in [5.41, 5.74) is 1.08. The van der Waals surface area contributed by atoms with E-state index in [-0.39, 0.29) is 13.3 Å². The van der Waals surface area contributed by atoms with Crippen molar-refractivity contribution in [2.24, 2.45) is 0 Å². The number of nitrogens with zero attached hydrogens (tertiary/aromatic N) is 1. The Morgan fingerprint density at radius 1 is 1.00 bits per heavy atom. The number of ether oxygens (including phenoxy) is 1. The molecule has 1 aliphatic rings. The Bertz CT molecular complexity index is 558. The number of rotatable bonds is 3. The van der Waals surface area contributed by atoms with E-state index in [9.17, 15) is 9.90 Å². The molecule has 0 atom stereocenters. The van der Waals surface area contributed by atoms with Crippen LogP contribution in [0.1, 0.15) is 11.1 Å². The monoisotopic (exact) mass is 269 g/mol. The Kier molecular flexibility index (Phi) is 3.16. The minimum absolute atomic E-state index is 0.195. The van der Waals surface area contributed by atoms with Gasteiger partial charge in [0, 0.05) is 0 Å². The molecule has 20 heavy (non-hydrogen) atoms. The highest BCUT2D eigenvalue weighted by Gasteiger charge is 2.49. The molecule has 1 heterocycles. The summed E-state index contributed by atoms with van der Waals surface area (Å²) in [6.07, 6.45) is -0.500. The van der Waals surface area contributed by atoms with Gasteiger partial charge in [0.15, 0.2) is 0 Å². The molecule has 1 fully saturated rings. The maximum atomic E-state index is 11.9. The SMILES string of the molecule is O=C1OCC(c2ccccc2)(c2ccccc2)N1CO. The van der Waals surface area contributed by atoms with Crippen molar-refractivity contribution < 1.29 is 14.6 Å². The predicted molar refractivity (Wildman–Crippen MR) is 73.9 cm³/mol. The van der Waals surface area contributed by atoms with Crippen molar-refractivity contribution in [1.82, 2.24) is 4.90 Å². The topological polar surface area (TPSA) is 49.8 Å². The molecule has 2 aromatic rings. The highest BCUT2D eigenvalue weighted by molar-refractivity contribution is 5.73. The molecule has 0 saturated carbocycles. The fraction of sp³-hybridized carbons (Fsp3) is 0.188. The number of aliphatic hydroxyl groups is 1. The van der Waals surface area contributed by atoms with Gasteiger partial charge < -0.3 is 9.84 Å². The van der Waals surface area contributed by atoms with Gasteiger partial charge in [-0.1, -0.05) is 60.7 Å². The van der Waals surface area contributed by atoms with Crippen LogP contribution in [0.4, 0.5) is 4.79 Å². The highest BCUT2D eigenvalue weighted by Crippen LogP contribution is 2.40. The molecule has 0 spiro atoms. The minimum atomic E-state index is -0.769. The normalized spacial score (nSPS) is 17.1. The van der Waals surface area contributed by atoms with E-state index in [1.807, 2.05) is 60.7 Å². The van der Waals surface area contributed by atoms with Gasteiger partial charge in [-0.3, -0.25) is 4.90 Å². The van der Waals surface area contributed by atoms with E-state index in [1.165, 1.54) is 4.90 Å². The molecule has 1 aliphatic heterocycles. The average Bonchev–Trinajstić information content (AvgIpc) is 2.86. The van der Waals surface area contributed by atoms with Crippen LogP contribution in [0.2, 0.25) is 0 Å². The van der Waals surface area contributed by atoms with Crippen molar-refractivity contribution in [3.63, 3.8) is 0 Å². The van der Waals surface area contributed by atoms with Crippen LogP contribution in [-0.2, 0) is 10.3 Å². The Labute approximate surface area is 117 Å². The Morgan fingerprint density at radius 3 is 1.95 bits per heavy atom. The zero-order valence-electron chi connectivity index (χ0n) is 10.9. The zero-order valence-corrected chi connectivity index (χ0v) is 10.9. The van der Waals surface area contributed by atoms with Gasteiger partial charge in [-0.2, -0.15) is 0 Å². The summed E-state index contributed by atoms with van der Waals surface area (Å²) in [6, 6.07) is 19.3. The molecular weight excluding hydrogens is 254 g/mol. The van der Waals surface area contributed by atoms with Crippen LogP contribution in [0.3, 0.4) is 0 Å². The number of hydrogen-bond donors (Lipinski definition) is 1. The van der Waals surface area contributed by atoms with Gasteiger partial charge in [0.25, 0.3) is 0 Å². The Balaban J connectivity index is 2.21. The summed E-state index contributed by atoms with van der Waals surface area (Å²) in [5.74, 6) is 0. The van der Waals surface area contributed by atoms with E-state index in [2.05, 4.69) is 0 Å². The summed E-state index contributed by atoms with van der Waals surface area (Å²) in [7, 11) is 0. The molecule has 102 valence electrons. The smallest absolute Gasteiger partial charge is 0.412 e. The number of cyclic esters (lactones) is 1. The van der Waals surface area contributed by atoms with Gasteiger partial charge >= 0.3 is 6.09 Å². The minimum Gasteiger partial charge on any atom is -0.446 e. The second kappa shape index (κ2) is 4.98. The van der Waals surface area contributed by atoms with Gasteiger partial charge in [-0.15, -0.1) is 0 Å². The maximum absolute atomic E-state index is 11.9. The van der Waals surface area contributed by atoms with Crippen molar-refractivity contribution >= 4 is 6.09 Å². The predicted octanol–water partition coefficient (Wildman–Crippen LogP) is 2.33. The molecule has 4 heteroatoms. The lowest BCUT2D eigenvalue weighted by molar-refractivity contribution is 0.0832. The van der Waals surface area contributed by atoms with Gasteiger partial charge in [-0.05, 0) is 11.1 Å². The van der Waals surface area contributed by atoms with Crippen LogP contribution in [0.5, 0.6) is 0 Å². The lowest BCUT2D eigenvalue weighted by Crippen LogP contribution is -2.46. The standard InChI is InChI=1S/C16H15NO3/c18-12-17-15(19)20-11-16(17,13-7-3-1-4-8-13)14-9-5-2-6-10-14/h1-10,18H,11-12H2. The van der Waals surface area contributed by atoms with E-state index in [0.29, 0.717) is 0 Å². The molecule has 1 N–H and O–H groups in total. The molecule has 0 bridgehead atoms. The molecule has 0 aromatic heterocycles. The molecule has 0 radical (unpaired) electrons. The van der Waals surface area contributed by atoms with Crippen molar-refractivity contribution in [3.8, 4) is 0 Å². The van der Waals surface area contributed by atoms with Crippen LogP contribution < -0.4 is 0 Å². The van der Waals surface area contributed by atoms with E-state index in [4.69, 9.17) is 4.74 Å². The second-order valence-corrected chi connectivity index (χ2v) is 4.72. The van der Waals surface area contributed by atoms with Crippen LogP contribution >= 0.6 is 0 Å². The second-order valence-electron chi connectivity index (χ2n) is 4.72.